The summed E-state index contributed by atoms with van der Waals surface area (Å²) >= 11 is 6.88. The van der Waals surface area contributed by atoms with E-state index in [4.69, 9.17) is 17.0 Å². The van der Waals surface area contributed by atoms with E-state index in [0.717, 1.165) is 37.1 Å². The number of thiocarbonyl (C=S) groups is 1. The molecule has 0 aromatic carbocycles. The van der Waals surface area contributed by atoms with Gasteiger partial charge < -0.3 is 9.64 Å². The van der Waals surface area contributed by atoms with Crippen molar-refractivity contribution in [2.24, 2.45) is 0 Å². The van der Waals surface area contributed by atoms with Gasteiger partial charge >= 0.3 is 0 Å². The van der Waals surface area contributed by atoms with E-state index in [2.05, 4.69) is 24.8 Å². The van der Waals surface area contributed by atoms with Crippen molar-refractivity contribution < 1.29 is 9.53 Å². The lowest BCUT2D eigenvalue weighted by atomic mass is 10.0. The Morgan fingerprint density at radius 2 is 1.69 bits per heavy atom. The van der Waals surface area contributed by atoms with Crippen LogP contribution in [0.25, 0.3) is 6.08 Å². The van der Waals surface area contributed by atoms with Gasteiger partial charge in [0.15, 0.2) is 0 Å². The average Bonchev–Trinajstić information content (AvgIpc) is 3.15. The minimum Gasteiger partial charge on any atom is -0.378 e. The molecule has 1 aromatic heterocycles. The zero-order chi connectivity index (χ0) is 26.1. The van der Waals surface area contributed by atoms with Crippen LogP contribution in [-0.4, -0.2) is 52.5 Å². The summed E-state index contributed by atoms with van der Waals surface area (Å²) in [6.45, 7) is 9.68. The van der Waals surface area contributed by atoms with Crippen LogP contribution < -0.4 is 10.5 Å². The van der Waals surface area contributed by atoms with E-state index >= 15 is 0 Å². The number of hydrogen-bond acceptors (Lipinski definition) is 7. The number of carbonyl (C=O) groups is 1. The van der Waals surface area contributed by atoms with Crippen LogP contribution in [0.1, 0.15) is 81.9 Å². The summed E-state index contributed by atoms with van der Waals surface area (Å²) in [5, 5.41) is 9.83. The smallest absolute Gasteiger partial charge is 0.270 e. The molecule has 0 spiro atoms. The average molecular weight is 531 g/mol. The number of rotatable bonds is 12. The fraction of sp³-hybridized carbons (Fsp3) is 0.630. The topological polar surface area (TPSA) is 78.6 Å². The summed E-state index contributed by atoms with van der Waals surface area (Å²) in [5.41, 5.74) is 1.23. The van der Waals surface area contributed by atoms with Crippen LogP contribution in [0.3, 0.4) is 0 Å². The SMILES string of the molecule is CCCCCCCCN1C(=O)C(=Cc2c(C)c(C#N)c(=O)n(CCCC)c2N2CCOCC2)SC1=S. The first-order valence-corrected chi connectivity index (χ1v) is 14.4. The van der Waals surface area contributed by atoms with Crippen LogP contribution in [0.5, 0.6) is 0 Å². The lowest BCUT2D eigenvalue weighted by Gasteiger charge is -2.33. The van der Waals surface area contributed by atoms with Crippen LogP contribution in [0.2, 0.25) is 0 Å². The van der Waals surface area contributed by atoms with E-state index < -0.39 is 0 Å². The molecule has 0 unspecified atom stereocenters. The first kappa shape index (κ1) is 28.4. The molecule has 9 heteroatoms. The minimum atomic E-state index is -0.266. The maximum atomic E-state index is 13.3. The number of nitriles is 1. The van der Waals surface area contributed by atoms with Crippen LogP contribution >= 0.6 is 24.0 Å². The van der Waals surface area contributed by atoms with E-state index in [9.17, 15) is 14.9 Å². The summed E-state index contributed by atoms with van der Waals surface area (Å²) in [7, 11) is 0. The fourth-order valence-electron chi connectivity index (χ4n) is 4.66. The number of carbonyl (C=O) groups excluding carboxylic acids is 1. The summed E-state index contributed by atoms with van der Waals surface area (Å²) in [6, 6.07) is 2.12. The Bertz CT molecular complexity index is 1080. The highest BCUT2D eigenvalue weighted by Crippen LogP contribution is 2.36. The second-order valence-corrected chi connectivity index (χ2v) is 11.0. The predicted molar refractivity (Wildman–Crippen MR) is 151 cm³/mol. The predicted octanol–water partition coefficient (Wildman–Crippen LogP) is 5.23. The van der Waals surface area contributed by atoms with Crippen LogP contribution in [0.4, 0.5) is 5.82 Å². The van der Waals surface area contributed by atoms with Gasteiger partial charge in [0, 0.05) is 31.7 Å². The standard InChI is InChI=1S/C27H38N4O3S2/c1-4-6-8-9-10-11-13-31-26(33)23(36-27(31)35)18-21-20(3)22(19-28)25(32)30(12-7-5-2)24(21)29-14-16-34-17-15-29/h18H,4-17H2,1-3H3. The molecule has 0 aliphatic carbocycles. The molecule has 7 nitrogen and oxygen atoms in total. The lowest BCUT2D eigenvalue weighted by molar-refractivity contribution is -0.122. The molecular weight excluding hydrogens is 492 g/mol. The first-order valence-electron chi connectivity index (χ1n) is 13.2. The molecule has 0 atom stereocenters. The van der Waals surface area contributed by atoms with Crippen LogP contribution in [0.15, 0.2) is 9.70 Å². The third-order valence-corrected chi connectivity index (χ3v) is 8.15. The largest absolute Gasteiger partial charge is 0.378 e. The highest BCUT2D eigenvalue weighted by Gasteiger charge is 2.33. The zero-order valence-electron chi connectivity index (χ0n) is 21.8. The highest BCUT2D eigenvalue weighted by molar-refractivity contribution is 8.26. The lowest BCUT2D eigenvalue weighted by Crippen LogP contribution is -2.41. The van der Waals surface area contributed by atoms with E-state index in [-0.39, 0.29) is 17.0 Å². The summed E-state index contributed by atoms with van der Waals surface area (Å²) in [4.78, 5) is 31.1. The van der Waals surface area contributed by atoms with Crippen molar-refractivity contribution in [3.8, 4) is 6.07 Å². The van der Waals surface area contributed by atoms with Gasteiger partial charge in [0.2, 0.25) is 0 Å². The molecule has 196 valence electrons. The number of nitrogens with zero attached hydrogens (tertiary/aromatic N) is 4. The van der Waals surface area contributed by atoms with Crippen molar-refractivity contribution in [3.05, 3.63) is 31.9 Å². The first-order chi connectivity index (χ1) is 17.4. The Hall–Kier alpha value is -2.15. The Balaban J connectivity index is 1.97. The van der Waals surface area contributed by atoms with Gasteiger partial charge in [-0.15, -0.1) is 0 Å². The van der Waals surface area contributed by atoms with E-state index in [1.165, 1.54) is 37.4 Å². The van der Waals surface area contributed by atoms with E-state index in [1.54, 1.807) is 16.4 Å². The third-order valence-electron chi connectivity index (χ3n) is 6.78. The molecule has 0 saturated carbocycles. The summed E-state index contributed by atoms with van der Waals surface area (Å²) in [6.07, 6.45) is 10.5. The Labute approximate surface area is 224 Å². The number of morpholine rings is 1. The van der Waals surface area contributed by atoms with E-state index in [0.29, 0.717) is 54.2 Å². The Morgan fingerprint density at radius 1 is 1.03 bits per heavy atom. The van der Waals surface area contributed by atoms with Crippen molar-refractivity contribution in [2.45, 2.75) is 78.7 Å². The normalized spacial score (nSPS) is 17.3. The second kappa shape index (κ2) is 14.0. The number of thioether (sulfide) groups is 1. The van der Waals surface area contributed by atoms with Gasteiger partial charge in [-0.3, -0.25) is 19.1 Å². The molecule has 2 saturated heterocycles. The Morgan fingerprint density at radius 3 is 2.36 bits per heavy atom. The Kier molecular flexibility index (Phi) is 11.0. The number of anilines is 1. The van der Waals surface area contributed by atoms with Crippen LogP contribution in [-0.2, 0) is 16.1 Å². The van der Waals surface area contributed by atoms with Crippen molar-refractivity contribution in [3.63, 3.8) is 0 Å². The maximum Gasteiger partial charge on any atom is 0.270 e. The van der Waals surface area contributed by atoms with Crippen molar-refractivity contribution in [1.29, 1.82) is 5.26 Å². The highest BCUT2D eigenvalue weighted by atomic mass is 32.2. The molecule has 2 aliphatic rings. The maximum absolute atomic E-state index is 13.3. The van der Waals surface area contributed by atoms with Gasteiger partial charge in [0.25, 0.3) is 11.5 Å². The fourth-order valence-corrected chi connectivity index (χ4v) is 5.95. The van der Waals surface area contributed by atoms with Gasteiger partial charge in [-0.2, -0.15) is 5.26 Å². The molecule has 1 amide bonds. The van der Waals surface area contributed by atoms with E-state index in [1.807, 2.05) is 6.08 Å². The van der Waals surface area contributed by atoms with Gasteiger partial charge in [-0.05, 0) is 31.4 Å². The molecule has 0 bridgehead atoms. The molecular formula is C27H38N4O3S2. The minimum absolute atomic E-state index is 0.0873. The quantitative estimate of drug-likeness (QED) is 0.208. The van der Waals surface area contributed by atoms with Gasteiger partial charge in [-0.1, -0.05) is 76.4 Å². The number of aromatic nitrogens is 1. The van der Waals surface area contributed by atoms with Gasteiger partial charge in [-0.25, -0.2) is 0 Å². The molecule has 3 heterocycles. The number of ether oxygens (including phenoxy) is 1. The zero-order valence-corrected chi connectivity index (χ0v) is 23.4. The van der Waals surface area contributed by atoms with Gasteiger partial charge in [0.05, 0.1) is 18.1 Å². The third kappa shape index (κ3) is 6.58. The number of pyridine rings is 1. The molecule has 36 heavy (non-hydrogen) atoms. The molecule has 3 rings (SSSR count). The molecule has 1 aromatic rings. The second-order valence-electron chi connectivity index (χ2n) is 9.36. The monoisotopic (exact) mass is 530 g/mol. The summed E-state index contributed by atoms with van der Waals surface area (Å²) in [5.74, 6) is 0.685. The molecule has 2 aliphatic heterocycles. The van der Waals surface area contributed by atoms with Crippen molar-refractivity contribution >= 4 is 46.1 Å². The van der Waals surface area contributed by atoms with Gasteiger partial charge in [0.1, 0.15) is 21.8 Å². The summed E-state index contributed by atoms with van der Waals surface area (Å²) < 4.78 is 7.86. The number of amides is 1. The van der Waals surface area contributed by atoms with Crippen molar-refractivity contribution in [2.75, 3.05) is 37.7 Å². The molecule has 0 radical (unpaired) electrons. The van der Waals surface area contributed by atoms with Crippen molar-refractivity contribution in [1.82, 2.24) is 9.47 Å². The molecule has 0 N–H and O–H groups in total. The number of unbranched alkanes of at least 4 members (excludes halogenated alkanes) is 6. The molecule has 2 fully saturated rings. The number of hydrogen-bond donors (Lipinski definition) is 0. The van der Waals surface area contributed by atoms with Crippen LogP contribution in [0, 0.1) is 18.3 Å².